The molecule has 400 valence electrons. The number of allylic oxidation sites excluding steroid dienone is 10. The third-order valence-electron chi connectivity index (χ3n) is 13.1. The van der Waals surface area contributed by atoms with Crippen LogP contribution in [0.15, 0.2) is 60.8 Å². The zero-order chi connectivity index (χ0) is 50.0. The number of carbonyl (C=O) groups is 3. The van der Waals surface area contributed by atoms with Crippen molar-refractivity contribution in [3.63, 3.8) is 0 Å². The molecule has 0 aromatic carbocycles. The average Bonchev–Trinajstić information content (AvgIpc) is 3.35. The summed E-state index contributed by atoms with van der Waals surface area (Å²) < 4.78 is 16.9. The molecule has 0 N–H and O–H groups in total. The number of ether oxygens (including phenoxy) is 3. The van der Waals surface area contributed by atoms with E-state index in [0.29, 0.717) is 19.3 Å². The first-order valence-electron chi connectivity index (χ1n) is 29.8. The summed E-state index contributed by atoms with van der Waals surface area (Å²) in [4.78, 5) is 38.2. The van der Waals surface area contributed by atoms with Crippen molar-refractivity contribution in [2.45, 2.75) is 309 Å². The first-order valence-corrected chi connectivity index (χ1v) is 29.8. The smallest absolute Gasteiger partial charge is 0.306 e. The lowest BCUT2D eigenvalue weighted by atomic mass is 10.0. The van der Waals surface area contributed by atoms with Crippen molar-refractivity contribution in [3.8, 4) is 0 Å². The quantitative estimate of drug-likeness (QED) is 0.0199. The van der Waals surface area contributed by atoms with Crippen LogP contribution in [0.1, 0.15) is 303 Å². The second-order valence-corrected chi connectivity index (χ2v) is 20.0. The third-order valence-corrected chi connectivity index (χ3v) is 13.1. The highest BCUT2D eigenvalue weighted by atomic mass is 16.6. The number of esters is 3. The maximum absolute atomic E-state index is 12.9. The molecule has 69 heavy (non-hydrogen) atoms. The molecule has 1 unspecified atom stereocenters. The third kappa shape index (κ3) is 55.9. The number of carbonyl (C=O) groups excluding carboxylic acids is 3. The Morgan fingerprint density at radius 3 is 0.899 bits per heavy atom. The Labute approximate surface area is 428 Å². The molecule has 0 aromatic heterocycles. The van der Waals surface area contributed by atoms with Gasteiger partial charge in [0.2, 0.25) is 0 Å². The minimum atomic E-state index is -0.784. The maximum atomic E-state index is 12.9. The normalized spacial score (nSPS) is 12.4. The van der Waals surface area contributed by atoms with E-state index in [-0.39, 0.29) is 31.1 Å². The number of unbranched alkanes of at least 4 members (excludes halogenated alkanes) is 36. The van der Waals surface area contributed by atoms with Crippen LogP contribution in [-0.4, -0.2) is 37.2 Å². The fourth-order valence-electron chi connectivity index (χ4n) is 8.57. The molecule has 0 saturated heterocycles. The first-order chi connectivity index (χ1) is 34.0. The summed E-state index contributed by atoms with van der Waals surface area (Å²) in [6, 6.07) is 0. The van der Waals surface area contributed by atoms with Gasteiger partial charge in [-0.1, -0.05) is 274 Å². The highest BCUT2D eigenvalue weighted by Gasteiger charge is 2.19. The van der Waals surface area contributed by atoms with E-state index < -0.39 is 6.10 Å². The molecule has 6 heteroatoms. The molecule has 0 spiro atoms. The van der Waals surface area contributed by atoms with E-state index in [0.717, 1.165) is 83.5 Å². The Morgan fingerprint density at radius 1 is 0.290 bits per heavy atom. The molecule has 0 aromatic rings. The van der Waals surface area contributed by atoms with E-state index in [1.54, 1.807) is 0 Å². The molecular formula is C63H112O6. The van der Waals surface area contributed by atoms with Gasteiger partial charge in [0, 0.05) is 19.3 Å². The molecule has 6 nitrogen and oxygen atoms in total. The number of hydrogen-bond donors (Lipinski definition) is 0. The van der Waals surface area contributed by atoms with Crippen molar-refractivity contribution in [3.05, 3.63) is 60.8 Å². The molecule has 0 aliphatic carbocycles. The molecule has 0 aliphatic rings. The van der Waals surface area contributed by atoms with Gasteiger partial charge in [0.05, 0.1) is 0 Å². The first kappa shape index (κ1) is 66.1. The van der Waals surface area contributed by atoms with Gasteiger partial charge >= 0.3 is 17.9 Å². The minimum Gasteiger partial charge on any atom is -0.462 e. The summed E-state index contributed by atoms with van der Waals surface area (Å²) in [5, 5.41) is 0. The lowest BCUT2D eigenvalue weighted by Crippen LogP contribution is -2.30. The van der Waals surface area contributed by atoms with Crippen LogP contribution in [0.2, 0.25) is 0 Å². The fourth-order valence-corrected chi connectivity index (χ4v) is 8.57. The Kier molecular flexibility index (Phi) is 55.3. The van der Waals surface area contributed by atoms with E-state index in [9.17, 15) is 14.4 Å². The molecule has 0 fully saturated rings. The molecule has 0 aliphatic heterocycles. The predicted octanol–water partition coefficient (Wildman–Crippen LogP) is 20.0. The van der Waals surface area contributed by atoms with Crippen molar-refractivity contribution < 1.29 is 28.6 Å². The zero-order valence-electron chi connectivity index (χ0n) is 45.8. The standard InChI is InChI=1S/C63H112O6/c1-4-7-10-13-16-19-22-25-28-30-32-35-38-41-44-47-50-53-56-62(65)68-59-60(58-67-61(64)55-52-49-46-43-40-37-34-27-24-21-18-15-12-9-6-3)69-63(66)57-54-51-48-45-42-39-36-33-31-29-26-23-20-17-14-11-8-5-2/h16,19,21-22,24-25,28,30,32,35,60H,4-15,17-18,20,23,26-27,29,31,33-34,36-59H2,1-3H3/b19-16-,24-21-,25-22-,30-28-,35-32-. The minimum absolute atomic E-state index is 0.0817. The summed E-state index contributed by atoms with van der Waals surface area (Å²) in [5.41, 5.74) is 0. The summed E-state index contributed by atoms with van der Waals surface area (Å²) in [5.74, 6) is -0.894. The van der Waals surface area contributed by atoms with Crippen molar-refractivity contribution >= 4 is 17.9 Å². The predicted molar refractivity (Wildman–Crippen MR) is 298 cm³/mol. The van der Waals surface area contributed by atoms with Gasteiger partial charge in [0.1, 0.15) is 13.2 Å². The second kappa shape index (κ2) is 57.7. The fraction of sp³-hybridized carbons (Fsp3) is 0.794. The Bertz CT molecular complexity index is 1250. The van der Waals surface area contributed by atoms with Crippen LogP contribution >= 0.6 is 0 Å². The summed E-state index contributed by atoms with van der Waals surface area (Å²) >= 11 is 0. The van der Waals surface area contributed by atoms with Crippen LogP contribution in [0.4, 0.5) is 0 Å². The topological polar surface area (TPSA) is 78.9 Å². The lowest BCUT2D eigenvalue weighted by molar-refractivity contribution is -0.167. The molecule has 0 amide bonds. The molecule has 0 saturated carbocycles. The van der Waals surface area contributed by atoms with Crippen molar-refractivity contribution in [1.29, 1.82) is 0 Å². The lowest BCUT2D eigenvalue weighted by Gasteiger charge is -2.18. The van der Waals surface area contributed by atoms with Crippen molar-refractivity contribution in [1.82, 2.24) is 0 Å². The van der Waals surface area contributed by atoms with Crippen LogP contribution in [0, 0.1) is 0 Å². The van der Waals surface area contributed by atoms with Crippen molar-refractivity contribution in [2.75, 3.05) is 13.2 Å². The van der Waals surface area contributed by atoms with Gasteiger partial charge in [0.15, 0.2) is 6.10 Å². The summed E-state index contributed by atoms with van der Waals surface area (Å²) in [7, 11) is 0. The SMILES string of the molecule is CCCCC\C=C/C=C\C=C/C=C\CCCCCCCC(=O)OCC(COC(=O)CCCCCCCCC/C=C\CCCCCC)OC(=O)CCCCCCCCCCCCCCCCCCCC. The highest BCUT2D eigenvalue weighted by Crippen LogP contribution is 2.16. The second-order valence-electron chi connectivity index (χ2n) is 20.0. The zero-order valence-corrected chi connectivity index (χ0v) is 45.8. The van der Waals surface area contributed by atoms with Gasteiger partial charge in [-0.2, -0.15) is 0 Å². The Balaban J connectivity index is 4.40. The summed E-state index contributed by atoms with van der Waals surface area (Å²) in [6.45, 7) is 6.60. The van der Waals surface area contributed by atoms with Crippen LogP contribution in [0.5, 0.6) is 0 Å². The summed E-state index contributed by atoms with van der Waals surface area (Å²) in [6.07, 6.45) is 72.0. The van der Waals surface area contributed by atoms with E-state index in [1.165, 1.54) is 180 Å². The Hall–Kier alpha value is -2.89. The average molecular weight is 966 g/mol. The van der Waals surface area contributed by atoms with Crippen LogP contribution < -0.4 is 0 Å². The number of rotatable bonds is 54. The van der Waals surface area contributed by atoms with Crippen LogP contribution in [-0.2, 0) is 28.6 Å². The molecule has 1 atom stereocenters. The maximum Gasteiger partial charge on any atom is 0.306 e. The molecule has 0 rings (SSSR count). The monoisotopic (exact) mass is 965 g/mol. The number of hydrogen-bond acceptors (Lipinski definition) is 6. The van der Waals surface area contributed by atoms with Gasteiger partial charge in [-0.05, 0) is 70.6 Å². The van der Waals surface area contributed by atoms with E-state index in [2.05, 4.69) is 81.5 Å². The largest absolute Gasteiger partial charge is 0.462 e. The molecular weight excluding hydrogens is 853 g/mol. The Morgan fingerprint density at radius 2 is 0.536 bits per heavy atom. The van der Waals surface area contributed by atoms with E-state index in [4.69, 9.17) is 14.2 Å². The van der Waals surface area contributed by atoms with Gasteiger partial charge in [-0.15, -0.1) is 0 Å². The van der Waals surface area contributed by atoms with Gasteiger partial charge in [-0.25, -0.2) is 0 Å². The molecule has 0 radical (unpaired) electrons. The van der Waals surface area contributed by atoms with E-state index in [1.807, 2.05) is 0 Å². The highest BCUT2D eigenvalue weighted by molar-refractivity contribution is 5.71. The van der Waals surface area contributed by atoms with Gasteiger partial charge in [0.25, 0.3) is 0 Å². The van der Waals surface area contributed by atoms with Gasteiger partial charge < -0.3 is 14.2 Å². The van der Waals surface area contributed by atoms with Crippen LogP contribution in [0.25, 0.3) is 0 Å². The van der Waals surface area contributed by atoms with E-state index >= 15 is 0 Å². The van der Waals surface area contributed by atoms with Crippen LogP contribution in [0.3, 0.4) is 0 Å². The molecule has 0 heterocycles. The van der Waals surface area contributed by atoms with Crippen molar-refractivity contribution in [2.24, 2.45) is 0 Å². The van der Waals surface area contributed by atoms with Gasteiger partial charge in [-0.3, -0.25) is 14.4 Å². The molecule has 0 bridgehead atoms.